The topological polar surface area (TPSA) is 92.9 Å². The predicted molar refractivity (Wildman–Crippen MR) is 130 cm³/mol. The number of aryl methyl sites for hydroxylation is 2. The van der Waals surface area contributed by atoms with Gasteiger partial charge in [0, 0.05) is 5.56 Å². The molecule has 1 aliphatic heterocycles. The van der Waals surface area contributed by atoms with Gasteiger partial charge in [-0.05, 0) is 67.4 Å². The van der Waals surface area contributed by atoms with Crippen molar-refractivity contribution in [2.75, 3.05) is 12.0 Å². The summed E-state index contributed by atoms with van der Waals surface area (Å²) in [6.45, 7) is 3.85. The first-order valence-corrected chi connectivity index (χ1v) is 11.6. The van der Waals surface area contributed by atoms with Crippen LogP contribution in [0.5, 0.6) is 5.75 Å². The number of hydrogen-bond donors (Lipinski definition) is 1. The van der Waals surface area contributed by atoms with Gasteiger partial charge in [-0.1, -0.05) is 24.3 Å². The van der Waals surface area contributed by atoms with E-state index in [1.54, 1.807) is 50.4 Å². The number of rotatable bonds is 5. The van der Waals surface area contributed by atoms with Gasteiger partial charge in [-0.3, -0.25) is 14.5 Å². The zero-order valence-electron chi connectivity index (χ0n) is 18.9. The molecule has 0 saturated carbocycles. The Hall–Kier alpha value is -3.91. The second kappa shape index (κ2) is 8.46. The van der Waals surface area contributed by atoms with Crippen molar-refractivity contribution in [3.05, 3.63) is 82.8 Å². The number of fused-ring (bicyclic) bond motifs is 1. The molecule has 1 aliphatic rings. The summed E-state index contributed by atoms with van der Waals surface area (Å²) in [6, 6.07) is 15.1. The zero-order valence-corrected chi connectivity index (χ0v) is 19.7. The van der Waals surface area contributed by atoms with E-state index in [1.807, 2.05) is 18.2 Å². The Morgan fingerprint density at radius 2 is 1.91 bits per heavy atom. The van der Waals surface area contributed by atoms with Gasteiger partial charge in [0.25, 0.3) is 5.78 Å². The first-order chi connectivity index (χ1) is 16.4. The third-order valence-electron chi connectivity index (χ3n) is 5.89. The summed E-state index contributed by atoms with van der Waals surface area (Å²) in [5.74, 6) is -0.222. The summed E-state index contributed by atoms with van der Waals surface area (Å²) in [5, 5.41) is 11.5. The fourth-order valence-electron chi connectivity index (χ4n) is 4.08. The molecule has 0 radical (unpaired) electrons. The number of thiazole rings is 1. The Morgan fingerprint density at radius 1 is 1.15 bits per heavy atom. The maximum absolute atomic E-state index is 13.3. The molecule has 1 atom stereocenters. The van der Waals surface area contributed by atoms with E-state index in [1.165, 1.54) is 16.2 Å². The fraction of sp³-hybridized carbons (Fsp3) is 0.192. The number of aromatic nitrogens is 1. The van der Waals surface area contributed by atoms with Crippen LogP contribution in [0.4, 0.5) is 5.13 Å². The number of amides is 1. The van der Waals surface area contributed by atoms with E-state index in [2.05, 4.69) is 11.9 Å². The third kappa shape index (κ3) is 3.56. The summed E-state index contributed by atoms with van der Waals surface area (Å²) in [7, 11) is 1.54. The fourth-order valence-corrected chi connectivity index (χ4v) is 5.14. The second-order valence-electron chi connectivity index (χ2n) is 8.00. The second-order valence-corrected chi connectivity index (χ2v) is 9.01. The lowest BCUT2D eigenvalue weighted by Crippen LogP contribution is -2.29. The Kier molecular flexibility index (Phi) is 5.45. The number of aliphatic hydroxyl groups excluding tert-OH is 1. The maximum atomic E-state index is 13.3. The van der Waals surface area contributed by atoms with E-state index in [0.29, 0.717) is 28.0 Å². The van der Waals surface area contributed by atoms with Crippen molar-refractivity contribution in [1.82, 2.24) is 4.98 Å². The molecule has 1 N–H and O–H groups in total. The number of methoxy groups -OCH3 is 1. The molecular weight excluding hydrogens is 452 g/mol. The van der Waals surface area contributed by atoms with Crippen LogP contribution < -0.4 is 9.64 Å². The summed E-state index contributed by atoms with van der Waals surface area (Å²) in [4.78, 5) is 32.5. The van der Waals surface area contributed by atoms with Gasteiger partial charge in [-0.25, -0.2) is 4.98 Å². The number of ketones is 1. The minimum Gasteiger partial charge on any atom is -0.507 e. The molecule has 0 unspecified atom stereocenters. The van der Waals surface area contributed by atoms with Gasteiger partial charge in [-0.15, -0.1) is 0 Å². The van der Waals surface area contributed by atoms with Crippen molar-refractivity contribution in [3.63, 3.8) is 0 Å². The van der Waals surface area contributed by atoms with E-state index in [4.69, 9.17) is 9.15 Å². The van der Waals surface area contributed by atoms with Gasteiger partial charge in [0.1, 0.15) is 29.1 Å². The molecule has 5 rings (SSSR count). The van der Waals surface area contributed by atoms with Crippen LogP contribution >= 0.6 is 11.3 Å². The van der Waals surface area contributed by atoms with Crippen molar-refractivity contribution >= 4 is 44.1 Å². The van der Waals surface area contributed by atoms with Gasteiger partial charge in [0.2, 0.25) is 0 Å². The first-order valence-electron chi connectivity index (χ1n) is 10.8. The molecule has 0 spiro atoms. The Bertz CT molecular complexity index is 1450. The maximum Gasteiger partial charge on any atom is 0.302 e. The van der Waals surface area contributed by atoms with E-state index < -0.39 is 17.7 Å². The van der Waals surface area contributed by atoms with Crippen LogP contribution in [0.1, 0.15) is 35.6 Å². The summed E-state index contributed by atoms with van der Waals surface area (Å²) >= 11 is 1.33. The molecular formula is C26H22N2O5S. The van der Waals surface area contributed by atoms with Crippen LogP contribution in [0.3, 0.4) is 0 Å². The van der Waals surface area contributed by atoms with E-state index in [9.17, 15) is 14.7 Å². The first kappa shape index (κ1) is 21.9. The average molecular weight is 475 g/mol. The molecule has 8 heteroatoms. The molecule has 0 aliphatic carbocycles. The Morgan fingerprint density at radius 3 is 2.56 bits per heavy atom. The van der Waals surface area contributed by atoms with E-state index in [-0.39, 0.29) is 11.3 Å². The van der Waals surface area contributed by atoms with Crippen molar-refractivity contribution in [3.8, 4) is 5.75 Å². The lowest BCUT2D eigenvalue weighted by Gasteiger charge is -2.20. The van der Waals surface area contributed by atoms with Crippen LogP contribution in [0.15, 0.2) is 64.6 Å². The van der Waals surface area contributed by atoms with Gasteiger partial charge in [0.15, 0.2) is 5.13 Å². The zero-order chi connectivity index (χ0) is 24.0. The lowest BCUT2D eigenvalue weighted by atomic mass is 9.99. The van der Waals surface area contributed by atoms with Gasteiger partial charge < -0.3 is 14.3 Å². The Balaban J connectivity index is 1.68. The molecule has 3 heterocycles. The number of Topliss-reactive ketones (excluding diaryl/α,β-unsaturated/α-hetero) is 1. The number of furan rings is 1. The van der Waals surface area contributed by atoms with Gasteiger partial charge in [0.05, 0.1) is 22.9 Å². The summed E-state index contributed by atoms with van der Waals surface area (Å²) < 4.78 is 11.9. The summed E-state index contributed by atoms with van der Waals surface area (Å²) in [6.07, 6.45) is 0.876. The van der Waals surface area contributed by atoms with E-state index >= 15 is 0 Å². The largest absolute Gasteiger partial charge is 0.507 e. The molecule has 1 saturated heterocycles. The minimum atomic E-state index is -0.943. The molecule has 1 amide bonds. The molecule has 1 fully saturated rings. The molecule has 7 nitrogen and oxygen atoms in total. The number of nitrogens with zero attached hydrogens (tertiary/aromatic N) is 2. The highest BCUT2D eigenvalue weighted by atomic mass is 32.1. The van der Waals surface area contributed by atoms with Crippen LogP contribution in [0.2, 0.25) is 0 Å². The number of anilines is 1. The normalized spacial score (nSPS) is 17.6. The molecule has 4 aromatic rings. The highest BCUT2D eigenvalue weighted by Crippen LogP contribution is 2.44. The minimum absolute atomic E-state index is 0.0435. The smallest absolute Gasteiger partial charge is 0.302 e. The van der Waals surface area contributed by atoms with Crippen LogP contribution in [0.25, 0.3) is 16.0 Å². The van der Waals surface area contributed by atoms with Crippen molar-refractivity contribution in [1.29, 1.82) is 0 Å². The van der Waals surface area contributed by atoms with Gasteiger partial charge in [-0.2, -0.15) is 0 Å². The number of carbonyl (C=O) groups excluding carboxylic acids is 2. The van der Waals surface area contributed by atoms with Crippen LogP contribution in [-0.4, -0.2) is 28.9 Å². The lowest BCUT2D eigenvalue weighted by molar-refractivity contribution is -0.132. The molecule has 0 bridgehead atoms. The van der Waals surface area contributed by atoms with Gasteiger partial charge >= 0.3 is 5.91 Å². The van der Waals surface area contributed by atoms with Crippen LogP contribution in [0, 0.1) is 6.92 Å². The number of benzene rings is 2. The molecule has 2 aromatic heterocycles. The Labute approximate surface area is 199 Å². The number of hydrogen-bond acceptors (Lipinski definition) is 7. The third-order valence-corrected chi connectivity index (χ3v) is 6.91. The molecule has 34 heavy (non-hydrogen) atoms. The monoisotopic (exact) mass is 474 g/mol. The quantitative estimate of drug-likeness (QED) is 0.237. The number of carbonyl (C=O) groups is 2. The molecule has 2 aromatic carbocycles. The average Bonchev–Trinajstić information content (AvgIpc) is 3.54. The SMILES string of the molecule is CCc1ccc2nc(N3C(=O)C(=O)C(=C(O)c4ccc(OC)cc4)[C@@H]3c3ccc(C)o3)sc2c1. The van der Waals surface area contributed by atoms with Crippen molar-refractivity contribution in [2.45, 2.75) is 26.3 Å². The highest BCUT2D eigenvalue weighted by molar-refractivity contribution is 7.22. The number of aliphatic hydroxyl groups is 1. The summed E-state index contributed by atoms with van der Waals surface area (Å²) in [5.41, 5.74) is 2.24. The van der Waals surface area contributed by atoms with Crippen molar-refractivity contribution in [2.24, 2.45) is 0 Å². The van der Waals surface area contributed by atoms with Crippen LogP contribution in [-0.2, 0) is 16.0 Å². The highest BCUT2D eigenvalue weighted by Gasteiger charge is 2.49. The van der Waals surface area contributed by atoms with E-state index in [0.717, 1.165) is 22.2 Å². The molecule has 172 valence electrons. The number of ether oxygens (including phenoxy) is 1. The standard InChI is InChI=1S/C26H22N2O5S/c1-4-15-6-11-18-20(13-15)34-26(27-18)28-22(19-12-5-14(2)33-19)21(24(30)25(28)31)23(29)16-7-9-17(32-3)10-8-16/h5-13,22,29H,4H2,1-3H3/t22-/m0/s1. The predicted octanol–water partition coefficient (Wildman–Crippen LogP) is 5.40. The van der Waals surface area contributed by atoms with Crippen molar-refractivity contribution < 1.29 is 23.8 Å².